The number of fused-ring (bicyclic) bond motifs is 2. The summed E-state index contributed by atoms with van der Waals surface area (Å²) in [5, 5.41) is 3.76. The van der Waals surface area contributed by atoms with E-state index in [9.17, 15) is 9.59 Å². The molecule has 2 amide bonds. The van der Waals surface area contributed by atoms with Crippen molar-refractivity contribution in [1.29, 1.82) is 0 Å². The van der Waals surface area contributed by atoms with Gasteiger partial charge in [0.1, 0.15) is 0 Å². The molecule has 1 heterocycles. The standard InChI is InChI=1S/C32H38ClN3O2S/c1-22(2)19-35(20-23(3)4)17-7-16-34-31(37)25-12-15-30-28(18-25)36(21-24-10-13-26(33)14-11-24)32(38)27-8-5-6-9-29(27)39-30/h5-6,8-15,18,22-23H,7,16-17,19-21H2,1-4H3,(H,34,37)/p+1. The van der Waals surface area contributed by atoms with Crippen LogP contribution in [0.4, 0.5) is 5.69 Å². The van der Waals surface area contributed by atoms with E-state index in [4.69, 9.17) is 11.6 Å². The van der Waals surface area contributed by atoms with Crippen LogP contribution in [0.3, 0.4) is 0 Å². The van der Waals surface area contributed by atoms with E-state index in [0.717, 1.165) is 47.1 Å². The van der Waals surface area contributed by atoms with Crippen LogP contribution in [0, 0.1) is 11.8 Å². The fourth-order valence-electron chi connectivity index (χ4n) is 5.08. The maximum absolute atomic E-state index is 13.8. The lowest BCUT2D eigenvalue weighted by Gasteiger charge is -2.24. The van der Waals surface area contributed by atoms with Crippen molar-refractivity contribution in [3.63, 3.8) is 0 Å². The van der Waals surface area contributed by atoms with Crippen molar-refractivity contribution in [3.05, 3.63) is 88.4 Å². The molecule has 0 bridgehead atoms. The topological polar surface area (TPSA) is 53.9 Å². The van der Waals surface area contributed by atoms with Crippen LogP contribution >= 0.6 is 23.4 Å². The number of anilines is 1. The van der Waals surface area contributed by atoms with E-state index in [1.807, 2.05) is 66.7 Å². The minimum atomic E-state index is -0.113. The van der Waals surface area contributed by atoms with Crippen molar-refractivity contribution in [1.82, 2.24) is 5.32 Å². The van der Waals surface area contributed by atoms with Gasteiger partial charge < -0.3 is 15.1 Å². The first-order valence-electron chi connectivity index (χ1n) is 13.8. The van der Waals surface area contributed by atoms with E-state index in [0.29, 0.717) is 41.1 Å². The van der Waals surface area contributed by atoms with Crippen molar-refractivity contribution in [2.24, 2.45) is 11.8 Å². The van der Waals surface area contributed by atoms with Crippen LogP contribution in [0.15, 0.2) is 76.5 Å². The van der Waals surface area contributed by atoms with Gasteiger partial charge in [0, 0.05) is 45.2 Å². The van der Waals surface area contributed by atoms with Gasteiger partial charge >= 0.3 is 0 Å². The molecular weight excluding hydrogens is 526 g/mol. The first-order chi connectivity index (χ1) is 18.7. The number of nitrogens with one attached hydrogen (secondary N) is 2. The van der Waals surface area contributed by atoms with E-state index in [2.05, 4.69) is 33.0 Å². The fraction of sp³-hybridized carbons (Fsp3) is 0.375. The number of nitrogens with zero attached hydrogens (tertiary/aromatic N) is 1. The smallest absolute Gasteiger partial charge is 0.259 e. The molecule has 3 aromatic carbocycles. The Labute approximate surface area is 241 Å². The summed E-state index contributed by atoms with van der Waals surface area (Å²) in [4.78, 5) is 32.2. The Hall–Kier alpha value is -2.80. The Bertz CT molecular complexity index is 1280. The normalized spacial score (nSPS) is 13.0. The number of benzene rings is 3. The van der Waals surface area contributed by atoms with Crippen LogP contribution in [0.1, 0.15) is 60.4 Å². The van der Waals surface area contributed by atoms with Gasteiger partial charge in [-0.05, 0) is 48.0 Å². The van der Waals surface area contributed by atoms with Gasteiger partial charge in [-0.3, -0.25) is 9.59 Å². The number of carbonyl (C=O) groups is 2. The van der Waals surface area contributed by atoms with Gasteiger partial charge in [0.15, 0.2) is 0 Å². The molecule has 1 aliphatic heterocycles. The van der Waals surface area contributed by atoms with Gasteiger partial charge in [-0.15, -0.1) is 0 Å². The average molecular weight is 565 g/mol. The quantitative estimate of drug-likeness (QED) is 0.282. The van der Waals surface area contributed by atoms with Gasteiger partial charge in [0.05, 0.1) is 37.4 Å². The molecule has 7 heteroatoms. The van der Waals surface area contributed by atoms with Crippen LogP contribution in [0.25, 0.3) is 0 Å². The molecule has 39 heavy (non-hydrogen) atoms. The van der Waals surface area contributed by atoms with Crippen molar-refractivity contribution in [2.75, 3.05) is 31.1 Å². The molecule has 5 nitrogen and oxygen atoms in total. The Morgan fingerprint density at radius 2 is 1.64 bits per heavy atom. The molecule has 0 saturated carbocycles. The van der Waals surface area contributed by atoms with Crippen LogP contribution in [-0.4, -0.2) is 38.0 Å². The highest BCUT2D eigenvalue weighted by Crippen LogP contribution is 2.42. The van der Waals surface area contributed by atoms with Crippen molar-refractivity contribution in [3.8, 4) is 0 Å². The van der Waals surface area contributed by atoms with Crippen molar-refractivity contribution >= 4 is 40.9 Å². The summed E-state index contributed by atoms with van der Waals surface area (Å²) in [6.45, 7) is 13.4. The number of quaternary nitrogens is 1. The summed E-state index contributed by atoms with van der Waals surface area (Å²) in [7, 11) is 0. The maximum atomic E-state index is 13.8. The molecule has 0 spiro atoms. The zero-order chi connectivity index (χ0) is 27.9. The number of halogens is 1. The Morgan fingerprint density at radius 1 is 0.949 bits per heavy atom. The number of carbonyl (C=O) groups excluding carboxylic acids is 2. The highest BCUT2D eigenvalue weighted by Gasteiger charge is 2.28. The van der Waals surface area contributed by atoms with E-state index in [1.165, 1.54) is 0 Å². The first-order valence-corrected chi connectivity index (χ1v) is 15.0. The van der Waals surface area contributed by atoms with E-state index in [-0.39, 0.29) is 11.8 Å². The lowest BCUT2D eigenvalue weighted by molar-refractivity contribution is -0.906. The highest BCUT2D eigenvalue weighted by molar-refractivity contribution is 7.99. The molecule has 0 radical (unpaired) electrons. The molecule has 0 aliphatic carbocycles. The molecule has 2 N–H and O–H groups in total. The summed E-state index contributed by atoms with van der Waals surface area (Å²) in [6.07, 6.45) is 0.928. The van der Waals surface area contributed by atoms with Crippen LogP contribution in [-0.2, 0) is 6.54 Å². The summed E-state index contributed by atoms with van der Waals surface area (Å²) >= 11 is 7.66. The summed E-state index contributed by atoms with van der Waals surface area (Å²) in [6, 6.07) is 20.9. The van der Waals surface area contributed by atoms with Crippen molar-refractivity contribution < 1.29 is 14.5 Å². The molecule has 1 aliphatic rings. The Morgan fingerprint density at radius 3 is 2.33 bits per heavy atom. The molecule has 0 aromatic heterocycles. The second kappa shape index (κ2) is 13.5. The molecule has 0 atom stereocenters. The van der Waals surface area contributed by atoms with Crippen LogP contribution < -0.4 is 15.1 Å². The van der Waals surface area contributed by atoms with Gasteiger partial charge in [-0.25, -0.2) is 0 Å². The highest BCUT2D eigenvalue weighted by atomic mass is 35.5. The Kier molecular flexibility index (Phi) is 10.1. The van der Waals surface area contributed by atoms with Gasteiger partial charge in [0.2, 0.25) is 0 Å². The van der Waals surface area contributed by atoms with Gasteiger partial charge in [-0.2, -0.15) is 0 Å². The number of amides is 2. The van der Waals surface area contributed by atoms with Crippen LogP contribution in [0.5, 0.6) is 0 Å². The Balaban J connectivity index is 1.51. The third-order valence-electron chi connectivity index (χ3n) is 6.73. The molecule has 0 saturated heterocycles. The van der Waals surface area contributed by atoms with Gasteiger partial charge in [-0.1, -0.05) is 75.3 Å². The van der Waals surface area contributed by atoms with E-state index < -0.39 is 0 Å². The SMILES string of the molecule is CC(C)C[NH+](CCCNC(=O)c1ccc2c(c1)N(Cc1ccc(Cl)cc1)C(=O)c1ccccc1S2)CC(C)C. The second-order valence-corrected chi connectivity index (χ2v) is 12.6. The third kappa shape index (κ3) is 7.87. The second-order valence-electron chi connectivity index (χ2n) is 11.1. The van der Waals surface area contributed by atoms with Crippen molar-refractivity contribution in [2.45, 2.75) is 50.5 Å². The molecule has 0 unspecified atom stereocenters. The summed E-state index contributed by atoms with van der Waals surface area (Å²) < 4.78 is 0. The lowest BCUT2D eigenvalue weighted by Crippen LogP contribution is -3.13. The maximum Gasteiger partial charge on any atom is 0.259 e. The molecule has 206 valence electrons. The summed E-state index contributed by atoms with van der Waals surface area (Å²) in [5.74, 6) is 1.10. The molecule has 0 fully saturated rings. The minimum Gasteiger partial charge on any atom is -0.352 e. The average Bonchev–Trinajstić information content (AvgIpc) is 3.01. The first kappa shape index (κ1) is 29.2. The molecule has 3 aromatic rings. The zero-order valence-electron chi connectivity index (χ0n) is 23.3. The largest absolute Gasteiger partial charge is 0.352 e. The number of hydrogen-bond donors (Lipinski definition) is 2. The monoisotopic (exact) mass is 564 g/mol. The van der Waals surface area contributed by atoms with Crippen LogP contribution in [0.2, 0.25) is 5.02 Å². The fourth-order valence-corrected chi connectivity index (χ4v) is 6.26. The number of rotatable bonds is 11. The number of hydrogen-bond acceptors (Lipinski definition) is 3. The third-order valence-corrected chi connectivity index (χ3v) is 8.13. The van der Waals surface area contributed by atoms with E-state index >= 15 is 0 Å². The van der Waals surface area contributed by atoms with E-state index in [1.54, 1.807) is 21.6 Å². The predicted molar refractivity (Wildman–Crippen MR) is 161 cm³/mol. The minimum absolute atomic E-state index is 0.0808. The molecule has 4 rings (SSSR count). The molecular formula is C32H39ClN3O2S+. The predicted octanol–water partition coefficient (Wildman–Crippen LogP) is 5.97. The lowest BCUT2D eigenvalue weighted by atomic mass is 10.1. The zero-order valence-corrected chi connectivity index (χ0v) is 24.9. The summed E-state index contributed by atoms with van der Waals surface area (Å²) in [5.41, 5.74) is 2.93. The van der Waals surface area contributed by atoms with Gasteiger partial charge in [0.25, 0.3) is 11.8 Å².